The van der Waals surface area contributed by atoms with Crippen LogP contribution in [0.15, 0.2) is 218 Å². The fourth-order valence-electron chi connectivity index (χ4n) is 17.9. The molecule has 12 amide bonds. The summed E-state index contributed by atoms with van der Waals surface area (Å²) in [5.41, 5.74) is 7.85. The van der Waals surface area contributed by atoms with Crippen LogP contribution in [0.5, 0.6) is 69.0 Å². The Morgan fingerprint density at radius 2 is 0.289 bits per heavy atom. The van der Waals surface area contributed by atoms with E-state index in [4.69, 9.17) is 28.4 Å². The smallest absolute Gasteiger partial charge is 0.323 e. The van der Waals surface area contributed by atoms with E-state index in [2.05, 4.69) is 188 Å². The van der Waals surface area contributed by atoms with E-state index < -0.39 is 84.9 Å². The largest absolute Gasteiger partial charge is 0.457 e. The zero-order valence-corrected chi connectivity index (χ0v) is 81.2. The molecule has 4 aliphatic heterocycles. The van der Waals surface area contributed by atoms with Gasteiger partial charge in [-0.15, -0.1) is 0 Å². The van der Waals surface area contributed by atoms with E-state index in [0.717, 1.165) is 33.4 Å². The monoisotopic (exact) mass is 1810 g/mol. The second kappa shape index (κ2) is 34.6. The highest BCUT2D eigenvalue weighted by Crippen LogP contribution is 2.60. The molecule has 135 heavy (non-hydrogen) atoms. The van der Waals surface area contributed by atoms with Gasteiger partial charge in [-0.2, -0.15) is 0 Å². The summed E-state index contributed by atoms with van der Waals surface area (Å²) >= 11 is 0. The lowest BCUT2D eigenvalue weighted by atomic mass is 9.71. The molecule has 0 atom stereocenters. The second-order valence-corrected chi connectivity index (χ2v) is 42.8. The molecule has 24 nitrogen and oxygen atoms in total. The summed E-state index contributed by atoms with van der Waals surface area (Å²) in [6, 6.07) is 62.1. The van der Waals surface area contributed by atoms with Crippen LogP contribution in [0.25, 0.3) is 0 Å². The molecule has 12 aromatic carbocycles. The number of anilines is 12. The first kappa shape index (κ1) is 93.3. The molecule has 4 aliphatic rings. The van der Waals surface area contributed by atoms with E-state index in [1.165, 1.54) is 0 Å². The number of hydrogen-bond donors (Lipinski definition) is 12. The molecule has 0 radical (unpaired) electrons. The molecule has 16 rings (SSSR count). The fourth-order valence-corrected chi connectivity index (χ4v) is 17.9. The van der Waals surface area contributed by atoms with Crippen molar-refractivity contribution < 1.29 is 57.2 Å². The minimum Gasteiger partial charge on any atom is -0.457 e. The van der Waals surface area contributed by atoms with Crippen LogP contribution in [0.1, 0.15) is 233 Å². The van der Waals surface area contributed by atoms with Crippen molar-refractivity contribution >= 4 is 104 Å². The number of ether oxygens (including phenoxy) is 6. The molecular formula is C111H120N12O12. The average molecular weight is 1810 g/mol. The summed E-state index contributed by atoms with van der Waals surface area (Å²) in [6.07, 6.45) is 0. The zero-order valence-electron chi connectivity index (χ0n) is 81.2. The minimum absolute atomic E-state index is 0.252. The third-order valence-electron chi connectivity index (χ3n) is 25.2. The molecule has 0 saturated carbocycles. The summed E-state index contributed by atoms with van der Waals surface area (Å²) in [6.45, 7) is 49.8. The Morgan fingerprint density at radius 1 is 0.170 bits per heavy atom. The Labute approximate surface area is 790 Å². The molecule has 696 valence electrons. The second-order valence-electron chi connectivity index (χ2n) is 42.8. The number of benzene rings is 12. The summed E-state index contributed by atoms with van der Waals surface area (Å²) in [4.78, 5) is 90.7. The number of carbonyl (C=O) groups excluding carboxylic acids is 6. The molecule has 12 N–H and O–H groups in total. The van der Waals surface area contributed by atoms with Gasteiger partial charge in [0.1, 0.15) is 34.5 Å². The number of para-hydroxylation sites is 12. The topological polar surface area (TPSA) is 302 Å². The molecule has 4 heterocycles. The van der Waals surface area contributed by atoms with Crippen LogP contribution < -0.4 is 92.2 Å². The van der Waals surface area contributed by atoms with Crippen molar-refractivity contribution in [2.75, 3.05) is 63.8 Å². The lowest BCUT2D eigenvalue weighted by molar-refractivity contribution is 0.261. The highest BCUT2D eigenvalue weighted by Gasteiger charge is 2.46. The quantitative estimate of drug-likeness (QED) is 0.0675. The third kappa shape index (κ3) is 19.3. The minimum atomic E-state index is -1.000. The number of hydrogen-bond acceptors (Lipinski definition) is 12. The van der Waals surface area contributed by atoms with Crippen LogP contribution in [0, 0.1) is 0 Å². The Hall–Kier alpha value is -14.9. The van der Waals surface area contributed by atoms with Crippen LogP contribution in [-0.2, 0) is 48.7 Å². The number of fused-ring (bicyclic) bond motifs is 6. The van der Waals surface area contributed by atoms with Crippen molar-refractivity contribution in [1.29, 1.82) is 0 Å². The van der Waals surface area contributed by atoms with Gasteiger partial charge < -0.3 is 92.2 Å². The van der Waals surface area contributed by atoms with Gasteiger partial charge in [-0.1, -0.05) is 239 Å². The van der Waals surface area contributed by atoms with Gasteiger partial charge in [0.15, 0.2) is 34.5 Å². The molecule has 0 fully saturated rings. The first-order chi connectivity index (χ1) is 63.3. The normalized spacial score (nSPS) is 15.6. The van der Waals surface area contributed by atoms with Gasteiger partial charge in [0.2, 0.25) is 0 Å². The van der Waals surface area contributed by atoms with E-state index in [0.29, 0.717) is 136 Å². The summed E-state index contributed by atoms with van der Waals surface area (Å²) < 4.78 is 41.5. The Balaban J connectivity index is 0.778. The first-order valence-electron chi connectivity index (χ1n) is 45.6. The van der Waals surface area contributed by atoms with Crippen molar-refractivity contribution in [3.8, 4) is 69.0 Å². The number of nitrogens with one attached hydrogen (secondary N) is 12. The van der Waals surface area contributed by atoms with Gasteiger partial charge in [-0.05, 0) is 211 Å². The highest BCUT2D eigenvalue weighted by atomic mass is 16.5. The summed E-state index contributed by atoms with van der Waals surface area (Å²) in [5, 5.41) is 37.8. The van der Waals surface area contributed by atoms with Crippen LogP contribution in [-0.4, -0.2) is 36.2 Å². The van der Waals surface area contributed by atoms with Crippen molar-refractivity contribution in [1.82, 2.24) is 0 Å². The zero-order chi connectivity index (χ0) is 96.9. The summed E-state index contributed by atoms with van der Waals surface area (Å²) in [7, 11) is 0. The molecular weight excluding hydrogens is 1690 g/mol. The predicted molar refractivity (Wildman–Crippen MR) is 542 cm³/mol. The van der Waals surface area contributed by atoms with Gasteiger partial charge in [-0.3, -0.25) is 0 Å². The lowest BCUT2D eigenvalue weighted by Crippen LogP contribution is -2.31. The molecule has 0 spiro atoms. The van der Waals surface area contributed by atoms with Crippen molar-refractivity contribution in [2.45, 2.75) is 215 Å². The van der Waals surface area contributed by atoms with E-state index in [1.54, 1.807) is 146 Å². The number of rotatable bonds is 0. The van der Waals surface area contributed by atoms with E-state index in [-0.39, 0.29) is 34.5 Å². The maximum absolute atomic E-state index is 15.1. The van der Waals surface area contributed by atoms with Crippen molar-refractivity contribution in [3.63, 3.8) is 0 Å². The van der Waals surface area contributed by atoms with Crippen LogP contribution in [0.4, 0.5) is 97.0 Å². The SMILES string of the molecule is CC(C)(C)c1cc2c3c(c1)Oc1cc(C(C)(C)C)cc(c1C3(C)C)NC(=O)Nc1ccccc1Oc1ccccc1NC(=O)Nc1cc(C(C)(C)C)cc3c1C(C)(C)c1c(cc(C(C)(C)C)cc1O3)NC(=O)Nc1ccccc1Oc1ccccc1NC(=O)Nc1cc(C(C)(C)C)cc3c1C(C)(C)c1c(cc(C(C)(C)C)cc1O3)NC(=O)Nc1ccccc1Oc1ccccc1NC(=O)N2. The standard InChI is InChI=1S/C111H120N12O12/c1-103(2,3)61-49-73-91-85(55-61)133-86-56-62(104(4,5)6)50-74(92(86)109(91,19)20)119-98(125)113-69-39-27-33-45-81(69)131-82-46-34-28-40-70(82)115-100(127)121-77-53-65(107(13,14)15)59-89-95(77)111(23,24)96-78(54-66(108(16,17)18)60-90(96)135-89)123-102(129)117-72-42-30-36-48-84(72)132-83-47-35-29-41-71(83)116-101(128)122-76-52-64(106(10,11)12)58-88-94(76)110(21,22)93-75(51-63(105(7,8)9)57-87(93)134-88)120-99(126)114-68-38-26-32-44-80(68)130-79-43-31-25-37-67(79)112-97(124)118-73/h25-60H,1-24H3,(H2,112,118,124)(H2,113,119,125)(H2,114,120,126)(H2,115,121,127)(H2,116,122,128)(H2,117,123,129). The lowest BCUT2D eigenvalue weighted by Gasteiger charge is -2.39. The van der Waals surface area contributed by atoms with Gasteiger partial charge in [0.25, 0.3) is 0 Å². The molecule has 0 aliphatic carbocycles. The van der Waals surface area contributed by atoms with Crippen LogP contribution in [0.2, 0.25) is 0 Å². The molecule has 0 unspecified atom stereocenters. The third-order valence-corrected chi connectivity index (χ3v) is 25.2. The molecule has 6 bridgehead atoms. The Morgan fingerprint density at radius 3 is 0.422 bits per heavy atom. The maximum atomic E-state index is 15.1. The molecule has 0 saturated heterocycles. The van der Waals surface area contributed by atoms with Gasteiger partial charge in [0, 0.05) is 49.6 Å². The van der Waals surface area contributed by atoms with E-state index in [9.17, 15) is 0 Å². The van der Waals surface area contributed by atoms with Gasteiger partial charge in [-0.25, -0.2) is 28.8 Å². The Kier molecular flexibility index (Phi) is 23.9. The number of urea groups is 6. The fraction of sp³-hybridized carbons (Fsp3) is 0.297. The predicted octanol–water partition coefficient (Wildman–Crippen LogP) is 30.3. The number of amides is 12. The van der Waals surface area contributed by atoms with Crippen molar-refractivity contribution in [3.05, 3.63) is 285 Å². The highest BCUT2D eigenvalue weighted by molar-refractivity contribution is 6.08. The molecule has 24 heteroatoms. The van der Waals surface area contributed by atoms with E-state index in [1.807, 2.05) is 114 Å². The van der Waals surface area contributed by atoms with Crippen LogP contribution in [0.3, 0.4) is 0 Å². The molecule has 0 aromatic heterocycles. The molecule has 12 aromatic rings. The maximum Gasteiger partial charge on any atom is 0.323 e. The average Bonchev–Trinajstić information content (AvgIpc) is 0.725. The number of carbonyl (C=O) groups is 6. The van der Waals surface area contributed by atoms with Gasteiger partial charge >= 0.3 is 36.2 Å². The summed E-state index contributed by atoms with van der Waals surface area (Å²) in [5.74, 6) is 4.56. The van der Waals surface area contributed by atoms with E-state index >= 15 is 28.8 Å². The van der Waals surface area contributed by atoms with Gasteiger partial charge in [0.05, 0.1) is 68.2 Å². The Bertz CT molecular complexity index is 5790. The first-order valence-corrected chi connectivity index (χ1v) is 45.6. The van der Waals surface area contributed by atoms with Crippen molar-refractivity contribution in [2.24, 2.45) is 0 Å². The van der Waals surface area contributed by atoms with Crippen LogP contribution >= 0.6 is 0 Å².